The van der Waals surface area contributed by atoms with Crippen molar-refractivity contribution in [3.63, 3.8) is 0 Å². The van der Waals surface area contributed by atoms with Gasteiger partial charge in [-0.3, -0.25) is 4.72 Å². The zero-order valence-electron chi connectivity index (χ0n) is 11.9. The van der Waals surface area contributed by atoms with Crippen LogP contribution in [0.15, 0.2) is 41.4 Å². The Balaban J connectivity index is 2.28. The molecule has 0 spiro atoms. The van der Waals surface area contributed by atoms with Gasteiger partial charge in [-0.05, 0) is 44.3 Å². The molecule has 1 aromatic heterocycles. The SMILES string of the molecule is CCn1cc(S(=O)(=O)Nc2ccc(F)cc2)cc1CNC. The van der Waals surface area contributed by atoms with Crippen LogP contribution in [0, 0.1) is 5.82 Å². The maximum Gasteiger partial charge on any atom is 0.263 e. The summed E-state index contributed by atoms with van der Waals surface area (Å²) in [5.74, 6) is -0.411. The molecule has 0 radical (unpaired) electrons. The van der Waals surface area contributed by atoms with Crippen molar-refractivity contribution in [2.75, 3.05) is 11.8 Å². The van der Waals surface area contributed by atoms with E-state index in [1.165, 1.54) is 24.3 Å². The van der Waals surface area contributed by atoms with E-state index in [0.717, 1.165) is 5.69 Å². The number of halogens is 1. The predicted molar refractivity (Wildman–Crippen MR) is 80.1 cm³/mol. The minimum absolute atomic E-state index is 0.193. The van der Waals surface area contributed by atoms with Gasteiger partial charge in [0.15, 0.2) is 0 Å². The molecule has 2 aromatic rings. The van der Waals surface area contributed by atoms with Gasteiger partial charge >= 0.3 is 0 Å². The molecular weight excluding hydrogens is 293 g/mol. The first-order valence-corrected chi connectivity index (χ1v) is 8.06. The van der Waals surface area contributed by atoms with Gasteiger partial charge in [-0.1, -0.05) is 0 Å². The second kappa shape index (κ2) is 6.28. The van der Waals surface area contributed by atoms with Crippen molar-refractivity contribution < 1.29 is 12.8 Å². The lowest BCUT2D eigenvalue weighted by Crippen LogP contribution is -2.12. The van der Waals surface area contributed by atoms with Crippen molar-refractivity contribution in [2.45, 2.75) is 24.9 Å². The highest BCUT2D eigenvalue weighted by Crippen LogP contribution is 2.19. The quantitative estimate of drug-likeness (QED) is 0.859. The minimum atomic E-state index is -3.68. The molecule has 7 heteroatoms. The van der Waals surface area contributed by atoms with Gasteiger partial charge in [0.1, 0.15) is 10.7 Å². The second-order valence-corrected chi connectivity index (χ2v) is 6.28. The molecule has 5 nitrogen and oxygen atoms in total. The lowest BCUT2D eigenvalue weighted by atomic mass is 10.3. The Labute approximate surface area is 123 Å². The smallest absolute Gasteiger partial charge is 0.263 e. The van der Waals surface area contributed by atoms with Gasteiger partial charge < -0.3 is 9.88 Å². The Hall–Kier alpha value is -1.86. The Morgan fingerprint density at radius 3 is 2.48 bits per heavy atom. The van der Waals surface area contributed by atoms with Crippen LogP contribution in [0.5, 0.6) is 0 Å². The molecule has 0 saturated heterocycles. The molecule has 2 rings (SSSR count). The topological polar surface area (TPSA) is 63.1 Å². The number of sulfonamides is 1. The Morgan fingerprint density at radius 2 is 1.90 bits per heavy atom. The highest BCUT2D eigenvalue weighted by molar-refractivity contribution is 7.92. The van der Waals surface area contributed by atoms with Crippen LogP contribution >= 0.6 is 0 Å². The molecule has 0 bridgehead atoms. The molecule has 1 heterocycles. The van der Waals surface area contributed by atoms with E-state index < -0.39 is 15.8 Å². The lowest BCUT2D eigenvalue weighted by molar-refractivity contribution is 0.600. The monoisotopic (exact) mass is 311 g/mol. The average molecular weight is 311 g/mol. The molecule has 21 heavy (non-hydrogen) atoms. The Bertz CT molecular complexity index is 708. The fourth-order valence-corrected chi connectivity index (χ4v) is 3.15. The molecule has 0 saturated carbocycles. The summed E-state index contributed by atoms with van der Waals surface area (Å²) in [6.07, 6.45) is 1.60. The Kier molecular flexibility index (Phi) is 4.64. The van der Waals surface area contributed by atoms with Gasteiger partial charge in [0, 0.05) is 30.7 Å². The van der Waals surface area contributed by atoms with Crippen LogP contribution in [0.2, 0.25) is 0 Å². The summed E-state index contributed by atoms with van der Waals surface area (Å²) in [7, 11) is -1.87. The zero-order valence-corrected chi connectivity index (χ0v) is 12.7. The maximum atomic E-state index is 12.8. The van der Waals surface area contributed by atoms with E-state index in [2.05, 4.69) is 10.0 Å². The maximum absolute atomic E-state index is 12.8. The van der Waals surface area contributed by atoms with Crippen LogP contribution in [0.3, 0.4) is 0 Å². The van der Waals surface area contributed by atoms with Crippen molar-refractivity contribution >= 4 is 15.7 Å². The van der Waals surface area contributed by atoms with E-state index in [9.17, 15) is 12.8 Å². The fourth-order valence-electron chi connectivity index (χ4n) is 2.03. The van der Waals surface area contributed by atoms with Crippen molar-refractivity contribution in [2.24, 2.45) is 0 Å². The number of nitrogens with one attached hydrogen (secondary N) is 2. The van der Waals surface area contributed by atoms with Gasteiger partial charge in [0.2, 0.25) is 0 Å². The van der Waals surface area contributed by atoms with Gasteiger partial charge in [-0.15, -0.1) is 0 Å². The number of nitrogens with zero attached hydrogens (tertiary/aromatic N) is 1. The van der Waals surface area contributed by atoms with Crippen LogP contribution in [0.25, 0.3) is 0 Å². The number of hydrogen-bond donors (Lipinski definition) is 2. The molecule has 114 valence electrons. The predicted octanol–water partition coefficient (Wildman–Crippen LogP) is 2.17. The van der Waals surface area contributed by atoms with Crippen LogP contribution < -0.4 is 10.0 Å². The molecule has 0 amide bonds. The number of aromatic nitrogens is 1. The number of aryl methyl sites for hydroxylation is 1. The van der Waals surface area contributed by atoms with Crippen molar-refractivity contribution in [1.82, 2.24) is 9.88 Å². The third-order valence-corrected chi connectivity index (χ3v) is 4.41. The van der Waals surface area contributed by atoms with Crippen molar-refractivity contribution in [3.05, 3.63) is 48.0 Å². The summed E-state index contributed by atoms with van der Waals surface area (Å²) in [5.41, 5.74) is 1.22. The van der Waals surface area contributed by atoms with Crippen molar-refractivity contribution in [3.8, 4) is 0 Å². The highest BCUT2D eigenvalue weighted by Gasteiger charge is 2.18. The molecule has 0 atom stereocenters. The molecule has 0 fully saturated rings. The van der Waals surface area contributed by atoms with E-state index in [-0.39, 0.29) is 4.90 Å². The van der Waals surface area contributed by atoms with Crippen LogP contribution in [0.1, 0.15) is 12.6 Å². The first-order chi connectivity index (χ1) is 9.96. The fraction of sp³-hybridized carbons (Fsp3) is 0.286. The first-order valence-electron chi connectivity index (χ1n) is 6.58. The summed E-state index contributed by atoms with van der Waals surface area (Å²) in [5, 5.41) is 3.00. The van der Waals surface area contributed by atoms with Crippen LogP contribution in [0.4, 0.5) is 10.1 Å². The second-order valence-electron chi connectivity index (χ2n) is 4.60. The molecule has 0 aliphatic heterocycles. The van der Waals surface area contributed by atoms with E-state index >= 15 is 0 Å². The molecule has 0 unspecified atom stereocenters. The molecular formula is C14H18FN3O2S. The highest BCUT2D eigenvalue weighted by atomic mass is 32.2. The van der Waals surface area contributed by atoms with Gasteiger partial charge in [-0.2, -0.15) is 0 Å². The van der Waals surface area contributed by atoms with Crippen LogP contribution in [-0.4, -0.2) is 20.0 Å². The standard InChI is InChI=1S/C14H18FN3O2S/c1-3-18-10-14(8-13(18)9-16-2)21(19,20)17-12-6-4-11(15)5-7-12/h4-8,10,16-17H,3,9H2,1-2H3. The van der Waals surface area contributed by atoms with Crippen molar-refractivity contribution in [1.29, 1.82) is 0 Å². The summed E-state index contributed by atoms with van der Waals surface area (Å²) in [6.45, 7) is 3.21. The van der Waals surface area contributed by atoms with Gasteiger partial charge in [0.05, 0.1) is 0 Å². The number of benzene rings is 1. The molecule has 2 N–H and O–H groups in total. The van der Waals surface area contributed by atoms with E-state index in [1.54, 1.807) is 19.3 Å². The normalized spacial score (nSPS) is 11.6. The van der Waals surface area contributed by atoms with E-state index in [0.29, 0.717) is 18.8 Å². The number of rotatable bonds is 6. The molecule has 1 aromatic carbocycles. The third kappa shape index (κ3) is 3.62. The van der Waals surface area contributed by atoms with Crippen LogP contribution in [-0.2, 0) is 23.1 Å². The number of anilines is 1. The molecule has 0 aliphatic carbocycles. The third-order valence-electron chi connectivity index (χ3n) is 3.07. The summed E-state index contributed by atoms with van der Waals surface area (Å²) >= 11 is 0. The average Bonchev–Trinajstić information content (AvgIpc) is 2.86. The summed E-state index contributed by atoms with van der Waals surface area (Å²) in [6, 6.07) is 6.82. The van der Waals surface area contributed by atoms with Gasteiger partial charge in [-0.25, -0.2) is 12.8 Å². The largest absolute Gasteiger partial charge is 0.349 e. The first kappa shape index (κ1) is 15.5. The van der Waals surface area contributed by atoms with Gasteiger partial charge in [0.25, 0.3) is 10.0 Å². The Morgan fingerprint density at radius 1 is 1.24 bits per heavy atom. The molecule has 0 aliphatic rings. The minimum Gasteiger partial charge on any atom is -0.349 e. The number of hydrogen-bond acceptors (Lipinski definition) is 3. The van der Waals surface area contributed by atoms with E-state index in [1.807, 2.05) is 11.5 Å². The van der Waals surface area contributed by atoms with E-state index in [4.69, 9.17) is 0 Å². The zero-order chi connectivity index (χ0) is 15.5. The summed E-state index contributed by atoms with van der Waals surface area (Å²) in [4.78, 5) is 0.193. The lowest BCUT2D eigenvalue weighted by Gasteiger charge is -2.06. The summed E-state index contributed by atoms with van der Waals surface area (Å²) < 4.78 is 41.8.